The van der Waals surface area contributed by atoms with Gasteiger partial charge in [0, 0.05) is 49.7 Å². The number of hydrogen-bond donors (Lipinski definition) is 0. The third kappa shape index (κ3) is 3.10. The van der Waals surface area contributed by atoms with E-state index in [0.29, 0.717) is 18.9 Å². The van der Waals surface area contributed by atoms with Crippen LogP contribution in [0.5, 0.6) is 0 Å². The SMILES string of the molecule is Cc1nc([C@@H]2CCCN(C(=O)C3CCCC3)C2)nc2c1CCC(=O)N2C. The van der Waals surface area contributed by atoms with Crippen LogP contribution in [0.4, 0.5) is 5.82 Å². The van der Waals surface area contributed by atoms with Gasteiger partial charge in [0.1, 0.15) is 11.6 Å². The highest BCUT2D eigenvalue weighted by Gasteiger charge is 2.33. The van der Waals surface area contributed by atoms with Gasteiger partial charge in [-0.25, -0.2) is 9.97 Å². The number of carbonyl (C=O) groups excluding carboxylic acids is 2. The van der Waals surface area contributed by atoms with Crippen LogP contribution in [0.3, 0.4) is 0 Å². The highest BCUT2D eigenvalue weighted by atomic mass is 16.2. The molecule has 1 aromatic rings. The Morgan fingerprint density at radius 2 is 1.85 bits per heavy atom. The van der Waals surface area contributed by atoms with Crippen LogP contribution in [0.2, 0.25) is 0 Å². The molecule has 1 saturated carbocycles. The Bertz CT molecular complexity index is 727. The first kappa shape index (κ1) is 17.4. The van der Waals surface area contributed by atoms with Crippen molar-refractivity contribution in [3.05, 3.63) is 17.1 Å². The fourth-order valence-corrected chi connectivity index (χ4v) is 4.69. The molecule has 6 nitrogen and oxygen atoms in total. The van der Waals surface area contributed by atoms with E-state index in [9.17, 15) is 9.59 Å². The Morgan fingerprint density at radius 1 is 1.08 bits per heavy atom. The highest BCUT2D eigenvalue weighted by Crippen LogP contribution is 2.33. The van der Waals surface area contributed by atoms with Crippen LogP contribution >= 0.6 is 0 Å². The minimum absolute atomic E-state index is 0.114. The number of piperidine rings is 1. The summed E-state index contributed by atoms with van der Waals surface area (Å²) in [5.41, 5.74) is 2.06. The number of rotatable bonds is 2. The second-order valence-corrected chi connectivity index (χ2v) is 8.03. The zero-order chi connectivity index (χ0) is 18.3. The molecular weight excluding hydrogens is 328 g/mol. The standard InChI is InChI=1S/C20H28N4O2/c1-13-16-9-10-17(25)23(2)19(16)22-18(21-13)15-8-5-11-24(12-15)20(26)14-6-3-4-7-14/h14-15H,3-12H2,1-2H3/t15-/m1/s1. The minimum atomic E-state index is 0.114. The topological polar surface area (TPSA) is 66.4 Å². The van der Waals surface area contributed by atoms with Gasteiger partial charge < -0.3 is 4.90 Å². The number of fused-ring (bicyclic) bond motifs is 1. The molecule has 26 heavy (non-hydrogen) atoms. The van der Waals surface area contributed by atoms with E-state index in [2.05, 4.69) is 0 Å². The molecule has 1 aromatic heterocycles. The zero-order valence-corrected chi connectivity index (χ0v) is 15.8. The Morgan fingerprint density at radius 3 is 2.62 bits per heavy atom. The fraction of sp³-hybridized carbons (Fsp3) is 0.700. The number of nitrogens with zero attached hydrogens (tertiary/aromatic N) is 4. The van der Waals surface area contributed by atoms with Crippen LogP contribution in [-0.2, 0) is 16.0 Å². The molecule has 0 aromatic carbocycles. The third-order valence-electron chi connectivity index (χ3n) is 6.29. The molecule has 0 radical (unpaired) electrons. The molecule has 1 atom stereocenters. The second kappa shape index (κ2) is 6.97. The van der Waals surface area contributed by atoms with Gasteiger partial charge in [-0.15, -0.1) is 0 Å². The number of aryl methyl sites for hydroxylation is 1. The fourth-order valence-electron chi connectivity index (χ4n) is 4.69. The van der Waals surface area contributed by atoms with Crippen LogP contribution in [0.1, 0.15) is 67.9 Å². The van der Waals surface area contributed by atoms with E-state index in [-0.39, 0.29) is 17.7 Å². The lowest BCUT2D eigenvalue weighted by Crippen LogP contribution is -2.42. The number of aromatic nitrogens is 2. The molecule has 6 heteroatoms. The van der Waals surface area contributed by atoms with Crippen molar-refractivity contribution in [2.45, 2.75) is 64.2 Å². The normalized spacial score (nSPS) is 24.1. The predicted octanol–water partition coefficient (Wildman–Crippen LogP) is 2.59. The lowest BCUT2D eigenvalue weighted by molar-refractivity contribution is -0.136. The van der Waals surface area contributed by atoms with Gasteiger partial charge >= 0.3 is 0 Å². The van der Waals surface area contributed by atoms with Crippen molar-refractivity contribution < 1.29 is 9.59 Å². The number of carbonyl (C=O) groups is 2. The van der Waals surface area contributed by atoms with Crippen molar-refractivity contribution in [2.24, 2.45) is 5.92 Å². The van der Waals surface area contributed by atoms with Crippen molar-refractivity contribution in [1.82, 2.24) is 14.9 Å². The van der Waals surface area contributed by atoms with Gasteiger partial charge in [0.05, 0.1) is 0 Å². The quantitative estimate of drug-likeness (QED) is 0.817. The van der Waals surface area contributed by atoms with E-state index < -0.39 is 0 Å². The molecule has 0 spiro atoms. The molecule has 2 amide bonds. The molecule has 4 rings (SSSR count). The van der Waals surface area contributed by atoms with Gasteiger partial charge in [0.25, 0.3) is 0 Å². The molecule has 2 fully saturated rings. The summed E-state index contributed by atoms with van der Waals surface area (Å²) in [5.74, 6) is 2.40. The molecular formula is C20H28N4O2. The summed E-state index contributed by atoms with van der Waals surface area (Å²) < 4.78 is 0. The number of anilines is 1. The number of likely N-dealkylation sites (tertiary alicyclic amines) is 1. The summed E-state index contributed by atoms with van der Waals surface area (Å²) in [6.07, 6.45) is 7.70. The Kier molecular flexibility index (Phi) is 4.67. The first-order valence-electron chi connectivity index (χ1n) is 9.97. The van der Waals surface area contributed by atoms with Crippen molar-refractivity contribution in [2.75, 3.05) is 25.0 Å². The van der Waals surface area contributed by atoms with Gasteiger partial charge in [-0.1, -0.05) is 12.8 Å². The van der Waals surface area contributed by atoms with Crippen molar-refractivity contribution in [3.8, 4) is 0 Å². The van der Waals surface area contributed by atoms with Gasteiger partial charge in [-0.3, -0.25) is 14.5 Å². The third-order valence-corrected chi connectivity index (χ3v) is 6.29. The van der Waals surface area contributed by atoms with Crippen LogP contribution < -0.4 is 4.90 Å². The molecule has 3 heterocycles. The minimum Gasteiger partial charge on any atom is -0.342 e. The summed E-state index contributed by atoms with van der Waals surface area (Å²) in [6.45, 7) is 3.58. The summed E-state index contributed by atoms with van der Waals surface area (Å²) >= 11 is 0. The molecule has 0 unspecified atom stereocenters. The Hall–Kier alpha value is -1.98. The van der Waals surface area contributed by atoms with Gasteiger partial charge in [-0.05, 0) is 39.0 Å². The summed E-state index contributed by atoms with van der Waals surface area (Å²) in [6, 6.07) is 0. The van der Waals surface area contributed by atoms with Crippen LogP contribution in [0.25, 0.3) is 0 Å². The summed E-state index contributed by atoms with van der Waals surface area (Å²) in [7, 11) is 1.80. The van der Waals surface area contributed by atoms with E-state index in [4.69, 9.17) is 9.97 Å². The van der Waals surface area contributed by atoms with Crippen molar-refractivity contribution in [3.63, 3.8) is 0 Å². The second-order valence-electron chi connectivity index (χ2n) is 8.03. The number of hydrogen-bond acceptors (Lipinski definition) is 4. The van der Waals surface area contributed by atoms with E-state index in [1.54, 1.807) is 11.9 Å². The van der Waals surface area contributed by atoms with E-state index in [1.165, 1.54) is 12.8 Å². The maximum Gasteiger partial charge on any atom is 0.228 e. The summed E-state index contributed by atoms with van der Waals surface area (Å²) in [4.78, 5) is 38.1. The zero-order valence-electron chi connectivity index (χ0n) is 15.8. The first-order chi connectivity index (χ1) is 12.5. The molecule has 2 aliphatic heterocycles. The van der Waals surface area contributed by atoms with Crippen molar-refractivity contribution in [1.29, 1.82) is 0 Å². The Balaban J connectivity index is 1.56. The monoisotopic (exact) mass is 356 g/mol. The first-order valence-corrected chi connectivity index (χ1v) is 9.97. The maximum absolute atomic E-state index is 12.8. The lowest BCUT2D eigenvalue weighted by Gasteiger charge is -2.34. The van der Waals surface area contributed by atoms with Crippen LogP contribution in [0, 0.1) is 12.8 Å². The molecule has 1 saturated heterocycles. The van der Waals surface area contributed by atoms with E-state index >= 15 is 0 Å². The van der Waals surface area contributed by atoms with E-state index in [0.717, 1.165) is 61.5 Å². The molecule has 1 aliphatic carbocycles. The van der Waals surface area contributed by atoms with Gasteiger partial charge in [0.2, 0.25) is 11.8 Å². The highest BCUT2D eigenvalue weighted by molar-refractivity contribution is 5.94. The van der Waals surface area contributed by atoms with Gasteiger partial charge in [0.15, 0.2) is 0 Å². The molecule has 3 aliphatic rings. The van der Waals surface area contributed by atoms with E-state index in [1.807, 2.05) is 11.8 Å². The maximum atomic E-state index is 12.8. The number of amides is 2. The summed E-state index contributed by atoms with van der Waals surface area (Å²) in [5, 5.41) is 0. The molecule has 0 N–H and O–H groups in total. The average molecular weight is 356 g/mol. The molecule has 140 valence electrons. The van der Waals surface area contributed by atoms with Crippen LogP contribution in [0.15, 0.2) is 0 Å². The van der Waals surface area contributed by atoms with Crippen molar-refractivity contribution >= 4 is 17.6 Å². The Labute approximate surface area is 155 Å². The molecule has 0 bridgehead atoms. The average Bonchev–Trinajstić information content (AvgIpc) is 3.19. The van der Waals surface area contributed by atoms with Gasteiger partial charge in [-0.2, -0.15) is 0 Å². The smallest absolute Gasteiger partial charge is 0.228 e. The van der Waals surface area contributed by atoms with Crippen LogP contribution in [-0.4, -0.2) is 46.8 Å². The predicted molar refractivity (Wildman–Crippen MR) is 99.0 cm³/mol. The largest absolute Gasteiger partial charge is 0.342 e. The lowest BCUT2D eigenvalue weighted by atomic mass is 9.94.